The van der Waals surface area contributed by atoms with Crippen molar-refractivity contribution in [1.82, 2.24) is 4.73 Å². The van der Waals surface area contributed by atoms with E-state index in [1.54, 1.807) is 0 Å². The van der Waals surface area contributed by atoms with Gasteiger partial charge in [-0.25, -0.2) is 0 Å². The van der Waals surface area contributed by atoms with E-state index in [1.165, 1.54) is 7.11 Å². The molecular formula is C9H11NO3. The second-order valence-electron chi connectivity index (χ2n) is 2.96. The van der Waals surface area contributed by atoms with Crippen molar-refractivity contribution >= 4 is 0 Å². The van der Waals surface area contributed by atoms with Crippen LogP contribution in [0.15, 0.2) is 12.2 Å². The lowest BCUT2D eigenvalue weighted by molar-refractivity contribution is 0.119. The van der Waals surface area contributed by atoms with E-state index in [1.807, 2.05) is 12.2 Å². The van der Waals surface area contributed by atoms with Crippen LogP contribution >= 0.6 is 0 Å². The second-order valence-corrected chi connectivity index (χ2v) is 2.96. The number of rotatable bonds is 1. The average Bonchev–Trinajstić information content (AvgIpc) is 2.41. The third-order valence-corrected chi connectivity index (χ3v) is 2.28. The zero-order chi connectivity index (χ0) is 9.42. The lowest BCUT2D eigenvalue weighted by atomic mass is 10.0. The molecule has 4 heteroatoms. The second kappa shape index (κ2) is 2.73. The highest BCUT2D eigenvalue weighted by atomic mass is 16.7. The molecule has 0 saturated carbocycles. The summed E-state index contributed by atoms with van der Waals surface area (Å²) in [5.41, 5.74) is 1.50. The molecule has 0 fully saturated rings. The van der Waals surface area contributed by atoms with Crippen LogP contribution in [0.1, 0.15) is 11.1 Å². The van der Waals surface area contributed by atoms with Crippen molar-refractivity contribution in [3.8, 4) is 11.8 Å². The van der Waals surface area contributed by atoms with Gasteiger partial charge in [-0.05, 0) is 12.8 Å². The summed E-state index contributed by atoms with van der Waals surface area (Å²) in [7, 11) is 1.40. The summed E-state index contributed by atoms with van der Waals surface area (Å²) in [6.45, 7) is 0. The van der Waals surface area contributed by atoms with Crippen molar-refractivity contribution in [1.29, 1.82) is 0 Å². The lowest BCUT2D eigenvalue weighted by Crippen LogP contribution is -2.03. The predicted octanol–water partition coefficient (Wildman–Crippen LogP) is 0.612. The molecule has 0 saturated heterocycles. The van der Waals surface area contributed by atoms with Crippen LogP contribution in [0, 0.1) is 0 Å². The quantitative estimate of drug-likeness (QED) is 0.624. The summed E-state index contributed by atoms with van der Waals surface area (Å²) in [5.74, 6) is -0.00120. The Bertz CT molecular complexity index is 334. The van der Waals surface area contributed by atoms with E-state index < -0.39 is 0 Å². The molecule has 0 aromatic carbocycles. The first-order valence-corrected chi connectivity index (χ1v) is 4.09. The Morgan fingerprint density at radius 1 is 1.15 bits per heavy atom. The topological polar surface area (TPSA) is 54.6 Å². The minimum atomic E-state index is -0.000602. The SMILES string of the molecule is COn1c(O)c2c(c1O)CC=CC2. The standard InChI is InChI=1S/C9H11NO3/c1-13-10-8(11)6-4-2-3-5-7(6)9(10)12/h2-3,11-12H,4-5H2,1H3. The first kappa shape index (κ1) is 8.04. The fourth-order valence-corrected chi connectivity index (χ4v) is 1.62. The first-order chi connectivity index (χ1) is 6.25. The van der Waals surface area contributed by atoms with Gasteiger partial charge in [-0.2, -0.15) is 0 Å². The number of hydrogen-bond acceptors (Lipinski definition) is 3. The van der Waals surface area contributed by atoms with Gasteiger partial charge in [0.1, 0.15) is 7.11 Å². The van der Waals surface area contributed by atoms with E-state index in [4.69, 9.17) is 4.84 Å². The van der Waals surface area contributed by atoms with Gasteiger partial charge < -0.3 is 15.1 Å². The van der Waals surface area contributed by atoms with Crippen molar-refractivity contribution in [2.45, 2.75) is 12.8 Å². The maximum absolute atomic E-state index is 9.60. The molecule has 1 heterocycles. The minimum absolute atomic E-state index is 0.000602. The highest BCUT2D eigenvalue weighted by molar-refractivity contribution is 5.48. The van der Waals surface area contributed by atoms with Gasteiger partial charge in [0.25, 0.3) is 0 Å². The molecule has 0 spiro atoms. The van der Waals surface area contributed by atoms with Crippen molar-refractivity contribution in [3.63, 3.8) is 0 Å². The fraction of sp³-hybridized carbons (Fsp3) is 0.333. The van der Waals surface area contributed by atoms with Crippen LogP contribution in [-0.4, -0.2) is 22.1 Å². The van der Waals surface area contributed by atoms with Gasteiger partial charge in [0.15, 0.2) is 0 Å². The molecule has 1 aromatic heterocycles. The van der Waals surface area contributed by atoms with Crippen LogP contribution in [0.4, 0.5) is 0 Å². The molecule has 13 heavy (non-hydrogen) atoms. The zero-order valence-corrected chi connectivity index (χ0v) is 7.32. The predicted molar refractivity (Wildman–Crippen MR) is 46.8 cm³/mol. The van der Waals surface area contributed by atoms with E-state index in [9.17, 15) is 10.2 Å². The van der Waals surface area contributed by atoms with Gasteiger partial charge in [-0.1, -0.05) is 12.2 Å². The number of nitrogens with zero attached hydrogens (tertiary/aromatic N) is 1. The third kappa shape index (κ3) is 0.983. The average molecular weight is 181 g/mol. The molecule has 0 amide bonds. The monoisotopic (exact) mass is 181 g/mol. The number of aromatic hydroxyl groups is 2. The van der Waals surface area contributed by atoms with Crippen LogP contribution in [0.3, 0.4) is 0 Å². The molecule has 2 N–H and O–H groups in total. The largest absolute Gasteiger partial charge is 0.492 e. The summed E-state index contributed by atoms with van der Waals surface area (Å²) in [6, 6.07) is 0. The Morgan fingerprint density at radius 3 is 2.00 bits per heavy atom. The van der Waals surface area contributed by atoms with Crippen molar-refractivity contribution in [2.75, 3.05) is 7.11 Å². The van der Waals surface area contributed by atoms with Crippen LogP contribution < -0.4 is 4.84 Å². The number of aromatic nitrogens is 1. The van der Waals surface area contributed by atoms with Gasteiger partial charge in [0.2, 0.25) is 11.8 Å². The summed E-state index contributed by atoms with van der Waals surface area (Å²) >= 11 is 0. The summed E-state index contributed by atoms with van der Waals surface area (Å²) in [4.78, 5) is 4.82. The van der Waals surface area contributed by atoms with Gasteiger partial charge in [0, 0.05) is 11.1 Å². The minimum Gasteiger partial charge on any atom is -0.492 e. The molecular weight excluding hydrogens is 170 g/mol. The van der Waals surface area contributed by atoms with Gasteiger partial charge in [0.05, 0.1) is 0 Å². The smallest absolute Gasteiger partial charge is 0.233 e. The zero-order valence-electron chi connectivity index (χ0n) is 7.32. The summed E-state index contributed by atoms with van der Waals surface area (Å²) in [5, 5.41) is 19.2. The van der Waals surface area contributed by atoms with Gasteiger partial charge >= 0.3 is 0 Å². The van der Waals surface area contributed by atoms with Crippen LogP contribution in [0.2, 0.25) is 0 Å². The molecule has 0 atom stereocenters. The molecule has 0 aliphatic heterocycles. The van der Waals surface area contributed by atoms with E-state index in [0.717, 1.165) is 15.9 Å². The maximum Gasteiger partial charge on any atom is 0.233 e. The molecule has 4 nitrogen and oxygen atoms in total. The Hall–Kier alpha value is -1.58. The number of hydrogen-bond donors (Lipinski definition) is 2. The summed E-state index contributed by atoms with van der Waals surface area (Å²) in [6.07, 6.45) is 5.21. The molecule has 70 valence electrons. The highest BCUT2D eigenvalue weighted by Gasteiger charge is 2.22. The maximum atomic E-state index is 9.60. The van der Waals surface area contributed by atoms with Crippen molar-refractivity contribution < 1.29 is 15.1 Å². The highest BCUT2D eigenvalue weighted by Crippen LogP contribution is 2.35. The van der Waals surface area contributed by atoms with Crippen molar-refractivity contribution in [2.24, 2.45) is 0 Å². The van der Waals surface area contributed by atoms with Gasteiger partial charge in [-0.3, -0.25) is 0 Å². The molecule has 0 unspecified atom stereocenters. The Balaban J connectivity index is 2.59. The Labute approximate surface area is 75.6 Å². The molecule has 2 rings (SSSR count). The lowest BCUT2D eigenvalue weighted by Gasteiger charge is -2.03. The van der Waals surface area contributed by atoms with Crippen LogP contribution in [0.25, 0.3) is 0 Å². The van der Waals surface area contributed by atoms with Crippen LogP contribution in [-0.2, 0) is 12.8 Å². The first-order valence-electron chi connectivity index (χ1n) is 4.09. The van der Waals surface area contributed by atoms with Crippen molar-refractivity contribution in [3.05, 3.63) is 23.3 Å². The van der Waals surface area contributed by atoms with Gasteiger partial charge in [-0.15, -0.1) is 4.73 Å². The molecule has 1 aromatic rings. The Morgan fingerprint density at radius 2 is 1.62 bits per heavy atom. The van der Waals surface area contributed by atoms with E-state index in [2.05, 4.69) is 0 Å². The number of allylic oxidation sites excluding steroid dienone is 2. The normalized spacial score (nSPS) is 14.2. The number of fused-ring (bicyclic) bond motifs is 1. The molecule has 1 aliphatic carbocycles. The Kier molecular flexibility index (Phi) is 1.69. The van der Waals surface area contributed by atoms with E-state index in [0.29, 0.717) is 12.8 Å². The molecule has 0 radical (unpaired) electrons. The van der Waals surface area contributed by atoms with E-state index >= 15 is 0 Å². The molecule has 0 bridgehead atoms. The summed E-state index contributed by atoms with van der Waals surface area (Å²) < 4.78 is 1.04. The fourth-order valence-electron chi connectivity index (χ4n) is 1.62. The molecule has 1 aliphatic rings. The third-order valence-electron chi connectivity index (χ3n) is 2.28. The van der Waals surface area contributed by atoms with Crippen LogP contribution in [0.5, 0.6) is 11.8 Å². The van der Waals surface area contributed by atoms with E-state index in [-0.39, 0.29) is 11.8 Å².